The van der Waals surface area contributed by atoms with E-state index in [4.69, 9.17) is 9.47 Å². The molecule has 1 heterocycles. The molecule has 1 aliphatic heterocycles. The molecular formula is C17H21F3N4O6S. The normalized spacial score (nSPS) is 27.7. The maximum atomic E-state index is 14.8. The minimum Gasteiger partial charge on any atom is -0.382 e. The third-order valence-electron chi connectivity index (χ3n) is 5.32. The summed E-state index contributed by atoms with van der Waals surface area (Å²) >= 11 is 0. The Balaban J connectivity index is 2.12. The van der Waals surface area contributed by atoms with Crippen molar-refractivity contribution in [2.24, 2.45) is 4.99 Å². The third kappa shape index (κ3) is 4.19. The van der Waals surface area contributed by atoms with Crippen LogP contribution in [0.3, 0.4) is 0 Å². The number of ether oxygens (including phenoxy) is 2. The topological polar surface area (TPSA) is 123 Å². The van der Waals surface area contributed by atoms with E-state index in [1.165, 1.54) is 7.11 Å². The average Bonchev–Trinajstić information content (AvgIpc) is 2.98. The van der Waals surface area contributed by atoms with Crippen LogP contribution in [-0.2, 0) is 25.0 Å². The van der Waals surface area contributed by atoms with Gasteiger partial charge in [0.1, 0.15) is 17.8 Å². The summed E-state index contributed by atoms with van der Waals surface area (Å²) in [6.45, 7) is 0.0821. The van der Waals surface area contributed by atoms with Crippen LogP contribution in [-0.4, -0.2) is 68.9 Å². The van der Waals surface area contributed by atoms with Crippen LogP contribution in [0.25, 0.3) is 0 Å². The fourth-order valence-corrected chi connectivity index (χ4v) is 5.83. The maximum Gasteiger partial charge on any atom is 0.269 e. The predicted molar refractivity (Wildman–Crippen MR) is 103 cm³/mol. The molecule has 2 atom stereocenters. The molecule has 1 saturated heterocycles. The van der Waals surface area contributed by atoms with Crippen molar-refractivity contribution in [3.8, 4) is 0 Å². The molecule has 31 heavy (non-hydrogen) atoms. The van der Waals surface area contributed by atoms with E-state index in [2.05, 4.69) is 10.3 Å². The van der Waals surface area contributed by atoms with Gasteiger partial charge in [0.25, 0.3) is 11.6 Å². The van der Waals surface area contributed by atoms with Crippen LogP contribution in [0.5, 0.6) is 0 Å². The van der Waals surface area contributed by atoms with Gasteiger partial charge in [0.2, 0.25) is 16.0 Å². The molecule has 0 aromatic heterocycles. The zero-order valence-corrected chi connectivity index (χ0v) is 17.5. The summed E-state index contributed by atoms with van der Waals surface area (Å²) in [6, 6.07) is 2.41. The van der Waals surface area contributed by atoms with Crippen LogP contribution >= 0.6 is 0 Å². The van der Waals surface area contributed by atoms with E-state index < -0.39 is 61.6 Å². The van der Waals surface area contributed by atoms with Crippen molar-refractivity contribution in [3.63, 3.8) is 0 Å². The molecule has 1 aliphatic carbocycles. The van der Waals surface area contributed by atoms with Gasteiger partial charge in [-0.15, -0.1) is 0 Å². The number of fused-ring (bicyclic) bond motifs is 1. The van der Waals surface area contributed by atoms with Crippen molar-refractivity contribution in [2.75, 3.05) is 34.1 Å². The van der Waals surface area contributed by atoms with Gasteiger partial charge in [-0.25, -0.2) is 30.9 Å². The maximum absolute atomic E-state index is 14.8. The number of non-ortho nitro benzene ring substituents is 1. The number of guanidine groups is 1. The van der Waals surface area contributed by atoms with Crippen molar-refractivity contribution in [2.45, 2.75) is 29.6 Å². The number of sulfonamides is 1. The quantitative estimate of drug-likeness (QED) is 0.368. The van der Waals surface area contributed by atoms with Crippen molar-refractivity contribution in [1.29, 1.82) is 0 Å². The molecular weight excluding hydrogens is 445 g/mol. The Hall–Kier alpha value is -2.45. The lowest BCUT2D eigenvalue weighted by molar-refractivity contribution is -0.385. The van der Waals surface area contributed by atoms with E-state index in [0.29, 0.717) is 4.31 Å². The SMILES string of the molecule is COCCOCN=C1NC2(c3cc([N+](=O)[O-])ccc3F)CC(F)(F)CC2S(=O)(=O)N1C. The highest BCUT2D eigenvalue weighted by Crippen LogP contribution is 2.53. The van der Waals surface area contributed by atoms with Crippen LogP contribution < -0.4 is 5.32 Å². The highest BCUT2D eigenvalue weighted by atomic mass is 32.2. The Morgan fingerprint density at radius 3 is 2.74 bits per heavy atom. The third-order valence-corrected chi connectivity index (χ3v) is 7.55. The number of hydrogen-bond donors (Lipinski definition) is 1. The zero-order valence-electron chi connectivity index (χ0n) is 16.7. The van der Waals surface area contributed by atoms with Crippen LogP contribution in [0.2, 0.25) is 0 Å². The number of aliphatic imine (C=N–C) groups is 1. The Morgan fingerprint density at radius 2 is 2.10 bits per heavy atom. The molecule has 14 heteroatoms. The lowest BCUT2D eigenvalue weighted by atomic mass is 9.86. The molecule has 0 bridgehead atoms. The fourth-order valence-electron chi connectivity index (χ4n) is 3.87. The fraction of sp³-hybridized carbons (Fsp3) is 0.588. The summed E-state index contributed by atoms with van der Waals surface area (Å²) in [5, 5.41) is 12.0. The number of nitrogens with zero attached hydrogens (tertiary/aromatic N) is 3. The predicted octanol–water partition coefficient (Wildman–Crippen LogP) is 1.57. The Bertz CT molecular complexity index is 1010. The minimum atomic E-state index is -4.42. The summed E-state index contributed by atoms with van der Waals surface area (Å²) in [7, 11) is -1.84. The van der Waals surface area contributed by atoms with Gasteiger partial charge in [0.05, 0.1) is 23.7 Å². The van der Waals surface area contributed by atoms with Gasteiger partial charge in [-0.1, -0.05) is 0 Å². The van der Waals surface area contributed by atoms with Crippen molar-refractivity contribution < 1.29 is 36.0 Å². The van der Waals surface area contributed by atoms with E-state index in [1.54, 1.807) is 0 Å². The number of methoxy groups -OCH3 is 1. The lowest BCUT2D eigenvalue weighted by Crippen LogP contribution is -2.65. The standard InChI is InChI=1S/C17H21F3N4O6S/c1-23-15(21-10-30-6-5-29-2)22-17(9-16(19,20)8-14(17)31(23,27)28)12-7-11(24(25)26)3-4-13(12)18/h3-4,7,14H,5-6,8-10H2,1-2H3,(H,21,22). The van der Waals surface area contributed by atoms with E-state index in [0.717, 1.165) is 25.2 Å². The minimum absolute atomic E-state index is 0.148. The number of nitro benzene ring substituents is 1. The first-order chi connectivity index (χ1) is 14.4. The highest BCUT2D eigenvalue weighted by molar-refractivity contribution is 7.90. The first kappa shape index (κ1) is 23.2. The first-order valence-electron chi connectivity index (χ1n) is 9.14. The Morgan fingerprint density at radius 1 is 1.39 bits per heavy atom. The van der Waals surface area contributed by atoms with Gasteiger partial charge < -0.3 is 14.8 Å². The number of rotatable bonds is 7. The molecule has 2 aliphatic rings. The monoisotopic (exact) mass is 466 g/mol. The van der Waals surface area contributed by atoms with Gasteiger partial charge in [-0.05, 0) is 6.07 Å². The highest BCUT2D eigenvalue weighted by Gasteiger charge is 2.66. The van der Waals surface area contributed by atoms with E-state index in [-0.39, 0.29) is 25.9 Å². The summed E-state index contributed by atoms with van der Waals surface area (Å²) in [4.78, 5) is 14.3. The van der Waals surface area contributed by atoms with E-state index >= 15 is 0 Å². The molecule has 172 valence electrons. The number of alkyl halides is 2. The Kier molecular flexibility index (Phi) is 6.17. The number of nitro groups is 1. The van der Waals surface area contributed by atoms with Gasteiger partial charge >= 0.3 is 0 Å². The molecule has 1 saturated carbocycles. The molecule has 0 radical (unpaired) electrons. The number of halogens is 3. The largest absolute Gasteiger partial charge is 0.382 e. The molecule has 2 fully saturated rings. The summed E-state index contributed by atoms with van der Waals surface area (Å²) in [5.41, 5.74) is -3.25. The van der Waals surface area contributed by atoms with Crippen molar-refractivity contribution in [3.05, 3.63) is 39.7 Å². The number of hydrogen-bond acceptors (Lipinski definition) is 7. The molecule has 0 spiro atoms. The summed E-state index contributed by atoms with van der Waals surface area (Å²) in [5.74, 6) is -4.85. The smallest absolute Gasteiger partial charge is 0.269 e. The second-order valence-electron chi connectivity index (χ2n) is 7.27. The molecule has 3 rings (SSSR count). The van der Waals surface area contributed by atoms with Gasteiger partial charge in [0.15, 0.2) is 0 Å². The molecule has 1 aromatic rings. The zero-order chi connectivity index (χ0) is 23.0. The van der Waals surface area contributed by atoms with E-state index in [9.17, 15) is 31.7 Å². The average molecular weight is 466 g/mol. The molecule has 0 amide bonds. The summed E-state index contributed by atoms with van der Waals surface area (Å²) < 4.78 is 80.6. The second kappa shape index (κ2) is 8.24. The van der Waals surface area contributed by atoms with Crippen molar-refractivity contribution >= 4 is 21.7 Å². The van der Waals surface area contributed by atoms with Gasteiger partial charge in [-0.3, -0.25) is 10.1 Å². The first-order valence-corrected chi connectivity index (χ1v) is 10.6. The molecule has 1 N–H and O–H groups in total. The molecule has 10 nitrogen and oxygen atoms in total. The van der Waals surface area contributed by atoms with E-state index in [1.807, 2.05) is 0 Å². The van der Waals surface area contributed by atoms with Crippen LogP contribution in [0.15, 0.2) is 23.2 Å². The second-order valence-corrected chi connectivity index (χ2v) is 9.41. The summed E-state index contributed by atoms with van der Waals surface area (Å²) in [6.07, 6.45) is -2.16. The number of benzene rings is 1. The van der Waals surface area contributed by atoms with Crippen LogP contribution in [0.4, 0.5) is 18.9 Å². The lowest BCUT2D eigenvalue weighted by Gasteiger charge is -2.44. The molecule has 1 aromatic carbocycles. The molecule has 2 unspecified atom stereocenters. The van der Waals surface area contributed by atoms with Crippen LogP contribution in [0.1, 0.15) is 18.4 Å². The Labute approximate surface area is 176 Å². The van der Waals surface area contributed by atoms with Crippen molar-refractivity contribution in [1.82, 2.24) is 9.62 Å². The van der Waals surface area contributed by atoms with Gasteiger partial charge in [-0.2, -0.15) is 0 Å². The van der Waals surface area contributed by atoms with Gasteiger partial charge in [0, 0.05) is 44.7 Å². The van der Waals surface area contributed by atoms with Crippen LogP contribution in [0, 0.1) is 15.9 Å². The number of nitrogens with one attached hydrogen (secondary N) is 1.